The fourth-order valence-electron chi connectivity index (χ4n) is 1.26. The molecule has 2 heteroatoms. The van der Waals surface area contributed by atoms with Crippen molar-refractivity contribution in [3.63, 3.8) is 0 Å². The van der Waals surface area contributed by atoms with Crippen LogP contribution >= 0.6 is 15.9 Å². The summed E-state index contributed by atoms with van der Waals surface area (Å²) in [5, 5.41) is 1.04. The van der Waals surface area contributed by atoms with E-state index in [9.17, 15) is 0 Å². The van der Waals surface area contributed by atoms with Crippen LogP contribution in [0, 0.1) is 0 Å². The van der Waals surface area contributed by atoms with Gasteiger partial charge in [-0.15, -0.1) is 0 Å². The first-order chi connectivity index (χ1) is 5.84. The largest absolute Gasteiger partial charge is 0.501 e. The quantitative estimate of drug-likeness (QED) is 0.676. The second kappa shape index (κ2) is 5.41. The van der Waals surface area contributed by atoms with Gasteiger partial charge >= 0.3 is 0 Å². The van der Waals surface area contributed by atoms with Gasteiger partial charge in [0, 0.05) is 5.33 Å². The van der Waals surface area contributed by atoms with Crippen molar-refractivity contribution in [1.29, 1.82) is 0 Å². The number of hydrogen-bond acceptors (Lipinski definition) is 1. The van der Waals surface area contributed by atoms with E-state index < -0.39 is 0 Å². The average Bonchev–Trinajstić information content (AvgIpc) is 2.15. The first-order valence-corrected chi connectivity index (χ1v) is 5.50. The molecule has 0 amide bonds. The van der Waals surface area contributed by atoms with E-state index >= 15 is 0 Å². The van der Waals surface area contributed by atoms with Crippen LogP contribution in [0.1, 0.15) is 26.2 Å². The van der Waals surface area contributed by atoms with E-state index in [4.69, 9.17) is 4.74 Å². The van der Waals surface area contributed by atoms with Gasteiger partial charge in [-0.2, -0.15) is 0 Å². The standard InChI is InChI=1S/C10H15BrO/c1-9(4-2-6-11)10-5-3-7-12-8-10/h4,8H,2-3,5-7H2,1H3. The summed E-state index contributed by atoms with van der Waals surface area (Å²) >= 11 is 3.41. The van der Waals surface area contributed by atoms with Crippen LogP contribution in [0.2, 0.25) is 0 Å². The van der Waals surface area contributed by atoms with E-state index in [1.807, 2.05) is 6.26 Å². The van der Waals surface area contributed by atoms with Gasteiger partial charge in [0.25, 0.3) is 0 Å². The first-order valence-electron chi connectivity index (χ1n) is 4.38. The highest BCUT2D eigenvalue weighted by molar-refractivity contribution is 9.09. The van der Waals surface area contributed by atoms with Crippen molar-refractivity contribution in [2.24, 2.45) is 0 Å². The van der Waals surface area contributed by atoms with E-state index in [1.165, 1.54) is 17.6 Å². The van der Waals surface area contributed by atoms with Crippen LogP contribution in [0.5, 0.6) is 0 Å². The summed E-state index contributed by atoms with van der Waals surface area (Å²) < 4.78 is 5.27. The predicted molar refractivity (Wildman–Crippen MR) is 55.4 cm³/mol. The molecule has 0 radical (unpaired) electrons. The van der Waals surface area contributed by atoms with Crippen molar-refractivity contribution in [2.45, 2.75) is 26.2 Å². The van der Waals surface area contributed by atoms with Gasteiger partial charge in [0.2, 0.25) is 0 Å². The molecule has 0 aromatic rings. The minimum atomic E-state index is 0.884. The van der Waals surface area contributed by atoms with E-state index in [0.29, 0.717) is 0 Å². The van der Waals surface area contributed by atoms with Crippen LogP contribution in [-0.2, 0) is 4.74 Å². The zero-order valence-electron chi connectivity index (χ0n) is 7.48. The molecule has 0 saturated heterocycles. The molecule has 1 aliphatic heterocycles. The van der Waals surface area contributed by atoms with Crippen LogP contribution < -0.4 is 0 Å². The number of hydrogen-bond donors (Lipinski definition) is 0. The Hall–Kier alpha value is -0.240. The van der Waals surface area contributed by atoms with Crippen LogP contribution in [0.15, 0.2) is 23.5 Å². The lowest BCUT2D eigenvalue weighted by Gasteiger charge is -2.13. The fraction of sp³-hybridized carbons (Fsp3) is 0.600. The Morgan fingerprint density at radius 2 is 2.58 bits per heavy atom. The van der Waals surface area contributed by atoms with Crippen LogP contribution in [0.3, 0.4) is 0 Å². The molecule has 0 fully saturated rings. The number of allylic oxidation sites excluding steroid dienone is 3. The molecule has 1 rings (SSSR count). The van der Waals surface area contributed by atoms with Crippen molar-refractivity contribution in [3.05, 3.63) is 23.5 Å². The third kappa shape index (κ3) is 3.02. The highest BCUT2D eigenvalue weighted by atomic mass is 79.9. The lowest BCUT2D eigenvalue weighted by atomic mass is 10.0. The highest BCUT2D eigenvalue weighted by Crippen LogP contribution is 2.19. The Balaban J connectivity index is 2.49. The Bertz CT molecular complexity index is 194. The van der Waals surface area contributed by atoms with Crippen molar-refractivity contribution >= 4 is 15.9 Å². The summed E-state index contributed by atoms with van der Waals surface area (Å²) in [6, 6.07) is 0. The molecule has 0 spiro atoms. The molecule has 1 aliphatic rings. The van der Waals surface area contributed by atoms with Gasteiger partial charge in [0.05, 0.1) is 12.9 Å². The number of ether oxygens (including phenoxy) is 1. The van der Waals surface area contributed by atoms with Gasteiger partial charge in [-0.3, -0.25) is 0 Å². The average molecular weight is 231 g/mol. The SMILES string of the molecule is CC(=CCCBr)C1=COCCC1. The number of rotatable bonds is 3. The van der Waals surface area contributed by atoms with Gasteiger partial charge in [0.15, 0.2) is 0 Å². The second-order valence-corrected chi connectivity index (χ2v) is 3.78. The van der Waals surface area contributed by atoms with E-state index in [2.05, 4.69) is 28.9 Å². The van der Waals surface area contributed by atoms with E-state index in [1.54, 1.807) is 0 Å². The van der Waals surface area contributed by atoms with Crippen LogP contribution in [-0.4, -0.2) is 11.9 Å². The second-order valence-electron chi connectivity index (χ2n) is 2.98. The molecule has 0 unspecified atom stereocenters. The van der Waals surface area contributed by atoms with Crippen molar-refractivity contribution in [2.75, 3.05) is 11.9 Å². The monoisotopic (exact) mass is 230 g/mol. The molecule has 0 N–H and O–H groups in total. The zero-order valence-corrected chi connectivity index (χ0v) is 9.06. The molecule has 1 nitrogen and oxygen atoms in total. The topological polar surface area (TPSA) is 9.23 Å². The first kappa shape index (κ1) is 9.85. The molecule has 0 aromatic carbocycles. The van der Waals surface area contributed by atoms with Gasteiger partial charge in [0.1, 0.15) is 0 Å². The molecule has 0 bridgehead atoms. The number of alkyl halides is 1. The van der Waals surface area contributed by atoms with Crippen LogP contribution in [0.25, 0.3) is 0 Å². The third-order valence-corrected chi connectivity index (χ3v) is 2.46. The molecule has 1 heterocycles. The lowest BCUT2D eigenvalue weighted by Crippen LogP contribution is -1.99. The molecule has 0 aromatic heterocycles. The molecular weight excluding hydrogens is 216 g/mol. The minimum absolute atomic E-state index is 0.884. The molecule has 0 aliphatic carbocycles. The van der Waals surface area contributed by atoms with Gasteiger partial charge in [-0.1, -0.05) is 22.0 Å². The summed E-state index contributed by atoms with van der Waals surface area (Å²) in [4.78, 5) is 0. The molecule has 68 valence electrons. The van der Waals surface area contributed by atoms with Gasteiger partial charge in [-0.25, -0.2) is 0 Å². The third-order valence-electron chi connectivity index (χ3n) is 2.00. The highest BCUT2D eigenvalue weighted by Gasteiger charge is 2.04. The summed E-state index contributed by atoms with van der Waals surface area (Å²) in [7, 11) is 0. The summed E-state index contributed by atoms with van der Waals surface area (Å²) in [5.41, 5.74) is 2.73. The fourth-order valence-corrected chi connectivity index (χ4v) is 1.49. The van der Waals surface area contributed by atoms with Crippen molar-refractivity contribution in [3.8, 4) is 0 Å². The Morgan fingerprint density at radius 1 is 1.75 bits per heavy atom. The maximum atomic E-state index is 5.27. The minimum Gasteiger partial charge on any atom is -0.501 e. The van der Waals surface area contributed by atoms with Crippen LogP contribution in [0.4, 0.5) is 0 Å². The van der Waals surface area contributed by atoms with Crippen molar-refractivity contribution < 1.29 is 4.74 Å². The lowest BCUT2D eigenvalue weighted by molar-refractivity contribution is 0.226. The summed E-state index contributed by atoms with van der Waals surface area (Å²) in [6.45, 7) is 3.04. The molecule has 12 heavy (non-hydrogen) atoms. The smallest absolute Gasteiger partial charge is 0.0876 e. The Kier molecular flexibility index (Phi) is 4.44. The maximum absolute atomic E-state index is 5.27. The Labute approximate surface area is 82.6 Å². The summed E-state index contributed by atoms with van der Waals surface area (Å²) in [6.07, 6.45) is 7.60. The van der Waals surface area contributed by atoms with Gasteiger partial charge in [-0.05, 0) is 37.3 Å². The predicted octanol–water partition coefficient (Wildman–Crippen LogP) is 3.41. The Morgan fingerprint density at radius 3 is 3.17 bits per heavy atom. The molecule has 0 atom stereocenters. The normalized spacial score (nSPS) is 18.5. The zero-order chi connectivity index (χ0) is 8.81. The van der Waals surface area contributed by atoms with E-state index in [0.717, 1.165) is 24.8 Å². The molecular formula is C10H15BrO. The number of halogens is 1. The van der Waals surface area contributed by atoms with Gasteiger partial charge < -0.3 is 4.74 Å². The van der Waals surface area contributed by atoms with Crippen molar-refractivity contribution in [1.82, 2.24) is 0 Å². The summed E-state index contributed by atoms with van der Waals surface area (Å²) in [5.74, 6) is 0. The molecule has 0 saturated carbocycles. The van der Waals surface area contributed by atoms with E-state index in [-0.39, 0.29) is 0 Å². The maximum Gasteiger partial charge on any atom is 0.0876 e.